The van der Waals surface area contributed by atoms with Crippen molar-refractivity contribution in [3.63, 3.8) is 0 Å². The Bertz CT molecular complexity index is 654. The smallest absolute Gasteiger partial charge is 0.225 e. The van der Waals surface area contributed by atoms with E-state index in [9.17, 15) is 9.90 Å². The number of aliphatic hydroxyl groups is 1. The number of hydrogen-bond acceptors (Lipinski definition) is 6. The average molecular weight is 404 g/mol. The first-order valence-corrected chi connectivity index (χ1v) is 10.7. The molecule has 2 heterocycles. The van der Waals surface area contributed by atoms with Crippen molar-refractivity contribution in [1.82, 2.24) is 25.5 Å². The van der Waals surface area contributed by atoms with Crippen molar-refractivity contribution in [3.05, 3.63) is 18.5 Å². The fourth-order valence-electron chi connectivity index (χ4n) is 3.77. The van der Waals surface area contributed by atoms with Crippen LogP contribution in [0.3, 0.4) is 0 Å². The van der Waals surface area contributed by atoms with E-state index in [0.29, 0.717) is 32.1 Å². The van der Waals surface area contributed by atoms with Crippen LogP contribution in [0.5, 0.6) is 0 Å². The number of hydrogen-bond donors (Lipinski definition) is 3. The van der Waals surface area contributed by atoms with Crippen LogP contribution in [0.1, 0.15) is 39.0 Å². The maximum atomic E-state index is 12.5. The topological polar surface area (TPSA) is 106 Å². The lowest BCUT2D eigenvalue weighted by Crippen LogP contribution is -2.49. The van der Waals surface area contributed by atoms with E-state index in [-0.39, 0.29) is 12.0 Å². The molecular weight excluding hydrogens is 370 g/mol. The van der Waals surface area contributed by atoms with Gasteiger partial charge in [-0.1, -0.05) is 0 Å². The van der Waals surface area contributed by atoms with Crippen LogP contribution in [0.25, 0.3) is 0 Å². The molecule has 2 aliphatic rings. The summed E-state index contributed by atoms with van der Waals surface area (Å²) in [6.07, 6.45) is 7.26. The lowest BCUT2D eigenvalue weighted by atomic mass is 9.93. The number of aliphatic hydroxyl groups excluding tert-OH is 1. The maximum absolute atomic E-state index is 12.5. The number of aliphatic imine (C=N–C) groups is 1. The fourth-order valence-corrected chi connectivity index (χ4v) is 3.77. The molecule has 160 valence electrons. The highest BCUT2D eigenvalue weighted by Crippen LogP contribution is 2.18. The molecule has 9 heteroatoms. The zero-order valence-electron chi connectivity index (χ0n) is 17.3. The molecule has 29 heavy (non-hydrogen) atoms. The Hall–Kier alpha value is -2.42. The highest BCUT2D eigenvalue weighted by molar-refractivity contribution is 5.81. The molecule has 3 N–H and O–H groups in total. The number of nitrogens with zero attached hydrogens (tertiary/aromatic N) is 5. The Morgan fingerprint density at radius 1 is 1.17 bits per heavy atom. The Morgan fingerprint density at radius 3 is 2.52 bits per heavy atom. The molecule has 1 amide bonds. The molecule has 3 rings (SSSR count). The summed E-state index contributed by atoms with van der Waals surface area (Å²) in [6, 6.07) is 2.14. The summed E-state index contributed by atoms with van der Waals surface area (Å²) in [7, 11) is 0. The van der Waals surface area contributed by atoms with Crippen LogP contribution in [-0.4, -0.2) is 83.3 Å². The van der Waals surface area contributed by atoms with Crippen molar-refractivity contribution >= 4 is 17.8 Å². The summed E-state index contributed by atoms with van der Waals surface area (Å²) in [5, 5.41) is 16.3. The minimum Gasteiger partial charge on any atom is -0.393 e. The summed E-state index contributed by atoms with van der Waals surface area (Å²) >= 11 is 0. The number of amides is 1. The quantitative estimate of drug-likeness (QED) is 0.466. The predicted octanol–water partition coefficient (Wildman–Crippen LogP) is 0.374. The summed E-state index contributed by atoms with van der Waals surface area (Å²) in [5.41, 5.74) is 0. The van der Waals surface area contributed by atoms with Gasteiger partial charge in [0.15, 0.2) is 5.96 Å². The summed E-state index contributed by atoms with van der Waals surface area (Å²) in [6.45, 7) is 6.13. The number of anilines is 1. The van der Waals surface area contributed by atoms with Crippen molar-refractivity contribution in [3.8, 4) is 0 Å². The number of guanidine groups is 1. The van der Waals surface area contributed by atoms with Crippen LogP contribution >= 0.6 is 0 Å². The van der Waals surface area contributed by atoms with Gasteiger partial charge in [0, 0.05) is 57.6 Å². The number of piperazine rings is 1. The minimum absolute atomic E-state index is 0.138. The maximum Gasteiger partial charge on any atom is 0.225 e. The van der Waals surface area contributed by atoms with E-state index < -0.39 is 0 Å². The van der Waals surface area contributed by atoms with Crippen LogP contribution in [0, 0.1) is 0 Å². The summed E-state index contributed by atoms with van der Waals surface area (Å²) in [5.74, 6) is 1.62. The molecule has 0 radical (unpaired) electrons. The van der Waals surface area contributed by atoms with Crippen molar-refractivity contribution in [2.24, 2.45) is 4.99 Å². The molecule has 9 nitrogen and oxygen atoms in total. The third kappa shape index (κ3) is 6.56. The highest BCUT2D eigenvalue weighted by atomic mass is 16.3. The lowest BCUT2D eigenvalue weighted by Gasteiger charge is -2.34. The summed E-state index contributed by atoms with van der Waals surface area (Å²) in [4.78, 5) is 29.7. The highest BCUT2D eigenvalue weighted by Gasteiger charge is 2.22. The summed E-state index contributed by atoms with van der Waals surface area (Å²) < 4.78 is 0. The molecule has 1 aliphatic heterocycles. The van der Waals surface area contributed by atoms with Gasteiger partial charge in [0.2, 0.25) is 11.9 Å². The normalized spacial score (nSPS) is 23.0. The second-order valence-corrected chi connectivity index (χ2v) is 7.58. The minimum atomic E-state index is -0.167. The number of rotatable bonds is 6. The van der Waals surface area contributed by atoms with Gasteiger partial charge < -0.3 is 25.5 Å². The standard InChI is InChI=1S/C20H33N7O2/c1-2-21-19(25-16-4-6-17(28)7-5-16)22-11-8-18(29)26-12-14-27(15-13-26)20-23-9-3-10-24-20/h3,9-10,16-17,28H,2,4-8,11-15H2,1H3,(H2,21,22,25). The van der Waals surface area contributed by atoms with E-state index in [2.05, 4.69) is 30.5 Å². The molecule has 0 unspecified atom stereocenters. The van der Waals surface area contributed by atoms with Gasteiger partial charge in [-0.3, -0.25) is 9.79 Å². The molecule has 1 aliphatic carbocycles. The van der Waals surface area contributed by atoms with E-state index in [1.165, 1.54) is 0 Å². The molecule has 0 spiro atoms. The number of carbonyl (C=O) groups is 1. The monoisotopic (exact) mass is 403 g/mol. The molecule has 1 saturated heterocycles. The molecule has 0 bridgehead atoms. The van der Waals surface area contributed by atoms with Crippen molar-refractivity contribution in [2.75, 3.05) is 44.2 Å². The van der Waals surface area contributed by atoms with Gasteiger partial charge in [0.1, 0.15) is 0 Å². The second kappa shape index (κ2) is 10.9. The van der Waals surface area contributed by atoms with Gasteiger partial charge in [0.05, 0.1) is 12.6 Å². The largest absolute Gasteiger partial charge is 0.393 e. The molecule has 0 atom stereocenters. The van der Waals surface area contributed by atoms with Crippen molar-refractivity contribution in [1.29, 1.82) is 0 Å². The first-order chi connectivity index (χ1) is 14.2. The number of carbonyl (C=O) groups excluding carboxylic acids is 1. The van der Waals surface area contributed by atoms with Crippen LogP contribution < -0.4 is 15.5 Å². The average Bonchev–Trinajstić information content (AvgIpc) is 2.76. The van der Waals surface area contributed by atoms with Gasteiger partial charge in [0.25, 0.3) is 0 Å². The Balaban J connectivity index is 1.41. The third-order valence-corrected chi connectivity index (χ3v) is 5.44. The van der Waals surface area contributed by atoms with Gasteiger partial charge in [-0.05, 0) is 38.7 Å². The van der Waals surface area contributed by atoms with Gasteiger partial charge in [-0.25, -0.2) is 9.97 Å². The molecule has 1 saturated carbocycles. The molecular formula is C20H33N7O2. The van der Waals surface area contributed by atoms with E-state index in [1.807, 2.05) is 11.8 Å². The van der Waals surface area contributed by atoms with Gasteiger partial charge in [-0.2, -0.15) is 0 Å². The zero-order chi connectivity index (χ0) is 20.5. The second-order valence-electron chi connectivity index (χ2n) is 7.58. The van der Waals surface area contributed by atoms with E-state index >= 15 is 0 Å². The lowest BCUT2D eigenvalue weighted by molar-refractivity contribution is -0.131. The number of aromatic nitrogens is 2. The van der Waals surface area contributed by atoms with Crippen LogP contribution in [0.15, 0.2) is 23.5 Å². The van der Waals surface area contributed by atoms with Crippen LogP contribution in [0.4, 0.5) is 5.95 Å². The molecule has 1 aromatic heterocycles. The fraction of sp³-hybridized carbons (Fsp3) is 0.700. The predicted molar refractivity (Wildman–Crippen MR) is 113 cm³/mol. The third-order valence-electron chi connectivity index (χ3n) is 5.44. The SMILES string of the molecule is CCNC(=NCCC(=O)N1CCN(c2ncccn2)CC1)NC1CCC(O)CC1. The molecule has 1 aromatic rings. The van der Waals surface area contributed by atoms with Crippen LogP contribution in [0.2, 0.25) is 0 Å². The van der Waals surface area contributed by atoms with Crippen molar-refractivity contribution < 1.29 is 9.90 Å². The van der Waals surface area contributed by atoms with Crippen molar-refractivity contribution in [2.45, 2.75) is 51.2 Å². The zero-order valence-corrected chi connectivity index (χ0v) is 17.3. The van der Waals surface area contributed by atoms with Crippen LogP contribution in [-0.2, 0) is 4.79 Å². The molecule has 0 aromatic carbocycles. The first-order valence-electron chi connectivity index (χ1n) is 10.7. The number of nitrogens with one attached hydrogen (secondary N) is 2. The van der Waals surface area contributed by atoms with Gasteiger partial charge in [-0.15, -0.1) is 0 Å². The Kier molecular flexibility index (Phi) is 8.03. The van der Waals surface area contributed by atoms with E-state index in [0.717, 1.165) is 57.2 Å². The van der Waals surface area contributed by atoms with E-state index in [4.69, 9.17) is 0 Å². The Morgan fingerprint density at radius 2 is 1.86 bits per heavy atom. The van der Waals surface area contributed by atoms with E-state index in [1.54, 1.807) is 18.5 Å². The molecule has 2 fully saturated rings. The van der Waals surface area contributed by atoms with Gasteiger partial charge >= 0.3 is 0 Å². The first kappa shape index (κ1) is 21.3. The Labute approximate surface area is 172 Å².